The van der Waals surface area contributed by atoms with E-state index in [4.69, 9.17) is 0 Å². The van der Waals surface area contributed by atoms with Gasteiger partial charge in [0.1, 0.15) is 0 Å². The fourth-order valence-electron chi connectivity index (χ4n) is 1.32. The third-order valence-electron chi connectivity index (χ3n) is 2.61. The Morgan fingerprint density at radius 3 is 2.06 bits per heavy atom. The zero-order valence-electron chi connectivity index (χ0n) is 11.3. The van der Waals surface area contributed by atoms with Gasteiger partial charge in [0.05, 0.1) is 0 Å². The van der Waals surface area contributed by atoms with E-state index < -0.39 is 17.4 Å². The molecule has 0 aliphatic rings. The summed E-state index contributed by atoms with van der Waals surface area (Å²) in [7, 11) is 0. The fourth-order valence-corrected chi connectivity index (χ4v) is 1.32. The molecule has 0 rings (SSSR count). The zero-order valence-corrected chi connectivity index (χ0v) is 11.3. The summed E-state index contributed by atoms with van der Waals surface area (Å²) in [6.45, 7) is 6.27. The monoisotopic (exact) mass is 257 g/mol. The van der Waals surface area contributed by atoms with Crippen molar-refractivity contribution in [3.8, 4) is 0 Å². The summed E-state index contributed by atoms with van der Waals surface area (Å²) in [5.41, 5.74) is -1.55. The van der Waals surface area contributed by atoms with Crippen molar-refractivity contribution in [1.29, 1.82) is 0 Å². The Morgan fingerprint density at radius 1 is 1.06 bits per heavy atom. The third kappa shape index (κ3) is 4.73. The Balaban J connectivity index is 4.61. The predicted molar refractivity (Wildman–Crippen MR) is 68.8 cm³/mol. The smallest absolute Gasteiger partial charge is 0.255 e. The average molecular weight is 257 g/mol. The first-order valence-corrected chi connectivity index (χ1v) is 6.30. The molecule has 6 heteroatoms. The van der Waals surface area contributed by atoms with Crippen molar-refractivity contribution >= 4 is 18.2 Å². The van der Waals surface area contributed by atoms with Crippen LogP contribution in [0.5, 0.6) is 0 Å². The van der Waals surface area contributed by atoms with Crippen molar-refractivity contribution < 1.29 is 14.4 Å². The molecule has 0 spiro atoms. The lowest BCUT2D eigenvalue weighted by molar-refractivity contribution is -0.140. The average Bonchev–Trinajstić information content (AvgIpc) is 2.36. The first kappa shape index (κ1) is 16.4. The molecule has 1 atom stereocenters. The van der Waals surface area contributed by atoms with Crippen LogP contribution in [0.25, 0.3) is 0 Å². The van der Waals surface area contributed by atoms with Crippen molar-refractivity contribution in [3.05, 3.63) is 0 Å². The number of hydrogen-bond donors (Lipinski definition) is 3. The van der Waals surface area contributed by atoms with E-state index in [-0.39, 0.29) is 0 Å². The number of carbonyl (C=O) groups is 3. The van der Waals surface area contributed by atoms with Gasteiger partial charge in [-0.15, -0.1) is 0 Å². The van der Waals surface area contributed by atoms with E-state index >= 15 is 0 Å². The zero-order chi connectivity index (χ0) is 14.0. The SMILES string of the molecule is CCCCNC(=O)C(C)(NC=O)C(=O)NCCC. The van der Waals surface area contributed by atoms with E-state index in [1.807, 2.05) is 13.8 Å². The van der Waals surface area contributed by atoms with Gasteiger partial charge in [0, 0.05) is 13.1 Å². The van der Waals surface area contributed by atoms with Crippen LogP contribution in [-0.2, 0) is 14.4 Å². The molecule has 0 saturated carbocycles. The highest BCUT2D eigenvalue weighted by atomic mass is 16.2. The van der Waals surface area contributed by atoms with Gasteiger partial charge in [-0.2, -0.15) is 0 Å². The molecule has 0 heterocycles. The van der Waals surface area contributed by atoms with Crippen LogP contribution in [-0.4, -0.2) is 36.9 Å². The molecule has 0 aromatic heterocycles. The lowest BCUT2D eigenvalue weighted by Gasteiger charge is -2.26. The van der Waals surface area contributed by atoms with Gasteiger partial charge >= 0.3 is 0 Å². The molecule has 0 aromatic rings. The number of hydrogen-bond acceptors (Lipinski definition) is 3. The van der Waals surface area contributed by atoms with Crippen molar-refractivity contribution in [3.63, 3.8) is 0 Å². The van der Waals surface area contributed by atoms with E-state index in [1.54, 1.807) is 0 Å². The Hall–Kier alpha value is -1.59. The molecule has 0 saturated heterocycles. The Morgan fingerprint density at radius 2 is 1.61 bits per heavy atom. The molecule has 6 nitrogen and oxygen atoms in total. The summed E-state index contributed by atoms with van der Waals surface area (Å²) in [5, 5.41) is 7.54. The summed E-state index contributed by atoms with van der Waals surface area (Å²) in [6, 6.07) is 0. The molecular weight excluding hydrogens is 234 g/mol. The standard InChI is InChI=1S/C12H23N3O3/c1-4-6-8-14-11(18)12(3,15-9-16)10(17)13-7-5-2/h9H,4-8H2,1-3H3,(H,13,17)(H,14,18)(H,15,16). The van der Waals surface area contributed by atoms with Crippen molar-refractivity contribution in [2.45, 2.75) is 45.6 Å². The van der Waals surface area contributed by atoms with Gasteiger partial charge in [-0.3, -0.25) is 14.4 Å². The minimum atomic E-state index is -1.55. The highest BCUT2D eigenvalue weighted by Crippen LogP contribution is 2.04. The maximum Gasteiger partial charge on any atom is 0.255 e. The van der Waals surface area contributed by atoms with E-state index in [0.717, 1.165) is 19.3 Å². The molecule has 3 amide bonds. The number of amides is 3. The summed E-state index contributed by atoms with van der Waals surface area (Å²) in [4.78, 5) is 34.4. The van der Waals surface area contributed by atoms with E-state index in [1.165, 1.54) is 6.92 Å². The van der Waals surface area contributed by atoms with Crippen LogP contribution in [0.3, 0.4) is 0 Å². The molecule has 18 heavy (non-hydrogen) atoms. The summed E-state index contributed by atoms with van der Waals surface area (Å²) in [6.07, 6.45) is 2.91. The Labute approximate surface area is 108 Å². The molecule has 0 radical (unpaired) electrons. The third-order valence-corrected chi connectivity index (χ3v) is 2.61. The largest absolute Gasteiger partial charge is 0.354 e. The number of carbonyl (C=O) groups excluding carboxylic acids is 3. The second-order valence-corrected chi connectivity index (χ2v) is 4.25. The maximum atomic E-state index is 11.9. The van der Waals surface area contributed by atoms with Crippen LogP contribution in [0.4, 0.5) is 0 Å². The van der Waals surface area contributed by atoms with Crippen molar-refractivity contribution in [2.75, 3.05) is 13.1 Å². The number of rotatable bonds is 9. The van der Waals surface area contributed by atoms with E-state index in [0.29, 0.717) is 19.5 Å². The van der Waals surface area contributed by atoms with Crippen LogP contribution in [0.15, 0.2) is 0 Å². The molecule has 1 unspecified atom stereocenters. The topological polar surface area (TPSA) is 87.3 Å². The van der Waals surface area contributed by atoms with Crippen LogP contribution in [0, 0.1) is 0 Å². The predicted octanol–water partition coefficient (Wildman–Crippen LogP) is -0.0664. The van der Waals surface area contributed by atoms with E-state index in [2.05, 4.69) is 16.0 Å². The molecular formula is C12H23N3O3. The number of unbranched alkanes of at least 4 members (excludes halogenated alkanes) is 1. The Bertz CT molecular complexity index is 294. The molecule has 0 aromatic carbocycles. The lowest BCUT2D eigenvalue weighted by atomic mass is 10.00. The maximum absolute atomic E-state index is 11.9. The number of nitrogens with one attached hydrogen (secondary N) is 3. The van der Waals surface area contributed by atoms with Gasteiger partial charge in [-0.1, -0.05) is 20.3 Å². The van der Waals surface area contributed by atoms with Gasteiger partial charge in [0.25, 0.3) is 11.8 Å². The highest BCUT2D eigenvalue weighted by Gasteiger charge is 2.40. The van der Waals surface area contributed by atoms with Crippen LogP contribution >= 0.6 is 0 Å². The first-order valence-electron chi connectivity index (χ1n) is 6.30. The summed E-state index contributed by atoms with van der Waals surface area (Å²) < 4.78 is 0. The fraction of sp³-hybridized carbons (Fsp3) is 0.750. The molecule has 0 aliphatic carbocycles. The first-order chi connectivity index (χ1) is 8.52. The van der Waals surface area contributed by atoms with Crippen molar-refractivity contribution in [2.24, 2.45) is 0 Å². The molecule has 0 aliphatic heterocycles. The van der Waals surface area contributed by atoms with Crippen LogP contribution in [0.2, 0.25) is 0 Å². The van der Waals surface area contributed by atoms with E-state index in [9.17, 15) is 14.4 Å². The van der Waals surface area contributed by atoms with Crippen LogP contribution in [0.1, 0.15) is 40.0 Å². The molecule has 104 valence electrons. The summed E-state index contributed by atoms with van der Waals surface area (Å²) >= 11 is 0. The second kappa shape index (κ2) is 8.49. The van der Waals surface area contributed by atoms with Crippen molar-refractivity contribution in [1.82, 2.24) is 16.0 Å². The highest BCUT2D eigenvalue weighted by molar-refractivity contribution is 6.10. The minimum absolute atomic E-state index is 0.366. The lowest BCUT2D eigenvalue weighted by Crippen LogP contribution is -2.63. The van der Waals surface area contributed by atoms with Gasteiger partial charge < -0.3 is 16.0 Å². The minimum Gasteiger partial charge on any atom is -0.354 e. The van der Waals surface area contributed by atoms with Gasteiger partial charge in [0.15, 0.2) is 5.54 Å². The molecule has 0 fully saturated rings. The normalized spacial score (nSPS) is 13.3. The summed E-state index contributed by atoms with van der Waals surface area (Å²) in [5.74, 6) is -0.984. The molecule has 3 N–H and O–H groups in total. The van der Waals surface area contributed by atoms with Crippen LogP contribution < -0.4 is 16.0 Å². The van der Waals surface area contributed by atoms with Gasteiger partial charge in [-0.05, 0) is 19.8 Å². The van der Waals surface area contributed by atoms with Gasteiger partial charge in [-0.25, -0.2) is 0 Å². The quantitative estimate of drug-likeness (QED) is 0.307. The van der Waals surface area contributed by atoms with Gasteiger partial charge in [0.2, 0.25) is 6.41 Å². The molecule has 0 bridgehead atoms. The Kier molecular flexibility index (Phi) is 7.74. The second-order valence-electron chi connectivity index (χ2n) is 4.25.